The molecule has 74 valence electrons. The molecular formula is C11H10N4. The highest BCUT2D eigenvalue weighted by atomic mass is 15.3. The topological polar surface area (TPSA) is 67.6 Å². The van der Waals surface area contributed by atoms with Crippen molar-refractivity contribution in [3.63, 3.8) is 0 Å². The van der Waals surface area contributed by atoms with Crippen molar-refractivity contribution in [1.82, 2.24) is 9.78 Å². The fraction of sp³-hybridized carbons (Fsp3) is 0.0909. The number of nitriles is 1. The number of hydrogen-bond donors (Lipinski definition) is 1. The third-order valence-electron chi connectivity index (χ3n) is 2.20. The van der Waals surface area contributed by atoms with Crippen LogP contribution in [-0.2, 0) is 0 Å². The Kier molecular flexibility index (Phi) is 2.14. The Morgan fingerprint density at radius 2 is 2.20 bits per heavy atom. The summed E-state index contributed by atoms with van der Waals surface area (Å²) in [6.45, 7) is 1.94. The number of nitrogen functional groups attached to an aromatic ring is 1. The van der Waals surface area contributed by atoms with Crippen LogP contribution < -0.4 is 5.73 Å². The molecule has 1 heterocycles. The molecule has 2 rings (SSSR count). The number of aromatic nitrogens is 2. The van der Waals surface area contributed by atoms with Crippen molar-refractivity contribution in [2.24, 2.45) is 0 Å². The first-order valence-electron chi connectivity index (χ1n) is 4.53. The molecule has 0 saturated carbocycles. The lowest BCUT2D eigenvalue weighted by molar-refractivity contribution is 0.874. The van der Waals surface area contributed by atoms with Crippen LogP contribution in [0.15, 0.2) is 30.5 Å². The average Bonchev–Trinajstić information content (AvgIpc) is 2.64. The lowest BCUT2D eigenvalue weighted by Gasteiger charge is -2.07. The van der Waals surface area contributed by atoms with Gasteiger partial charge in [0.15, 0.2) is 0 Å². The maximum atomic E-state index is 8.99. The molecule has 0 amide bonds. The molecule has 0 fully saturated rings. The monoisotopic (exact) mass is 198 g/mol. The van der Waals surface area contributed by atoms with Crippen LogP contribution in [0.2, 0.25) is 0 Å². The van der Waals surface area contributed by atoms with Crippen molar-refractivity contribution < 1.29 is 0 Å². The van der Waals surface area contributed by atoms with E-state index in [1.165, 1.54) is 0 Å². The number of anilines is 1. The summed E-state index contributed by atoms with van der Waals surface area (Å²) in [7, 11) is 0. The Bertz CT molecular complexity index is 534. The van der Waals surface area contributed by atoms with Crippen LogP contribution in [0.3, 0.4) is 0 Å². The Balaban J connectivity index is 2.67. The van der Waals surface area contributed by atoms with E-state index in [4.69, 9.17) is 11.0 Å². The standard InChI is InChI=1S/C11H10N4/c1-8-3-2-4-9(7-12)11(8)15-6-5-10(13)14-15/h2-6H,1H3,(H2,13,14). The molecule has 2 N–H and O–H groups in total. The van der Waals surface area contributed by atoms with E-state index in [9.17, 15) is 0 Å². The Morgan fingerprint density at radius 1 is 1.40 bits per heavy atom. The van der Waals surface area contributed by atoms with E-state index in [0.717, 1.165) is 11.3 Å². The number of hydrogen-bond acceptors (Lipinski definition) is 3. The van der Waals surface area contributed by atoms with E-state index in [-0.39, 0.29) is 0 Å². The summed E-state index contributed by atoms with van der Waals surface area (Å²) in [5.41, 5.74) is 7.92. The van der Waals surface area contributed by atoms with Gasteiger partial charge in [-0.05, 0) is 18.6 Å². The second-order valence-electron chi connectivity index (χ2n) is 3.27. The van der Waals surface area contributed by atoms with Gasteiger partial charge in [0, 0.05) is 12.3 Å². The maximum absolute atomic E-state index is 8.99. The number of benzene rings is 1. The van der Waals surface area contributed by atoms with Crippen LogP contribution in [0.4, 0.5) is 5.82 Å². The Hall–Kier alpha value is -2.28. The Morgan fingerprint density at radius 3 is 2.80 bits per heavy atom. The van der Waals surface area contributed by atoms with Crippen LogP contribution in [0.1, 0.15) is 11.1 Å². The number of nitrogens with zero attached hydrogens (tertiary/aromatic N) is 3. The summed E-state index contributed by atoms with van der Waals surface area (Å²) < 4.78 is 1.63. The molecule has 0 aliphatic heterocycles. The molecule has 0 bridgehead atoms. The quantitative estimate of drug-likeness (QED) is 0.757. The maximum Gasteiger partial charge on any atom is 0.145 e. The van der Waals surface area contributed by atoms with Gasteiger partial charge in [-0.15, -0.1) is 0 Å². The van der Waals surface area contributed by atoms with Crippen molar-refractivity contribution in [1.29, 1.82) is 5.26 Å². The summed E-state index contributed by atoms with van der Waals surface area (Å²) in [5.74, 6) is 0.446. The summed E-state index contributed by atoms with van der Waals surface area (Å²) in [6, 6.07) is 9.40. The fourth-order valence-electron chi connectivity index (χ4n) is 1.52. The Labute approximate surface area is 87.6 Å². The lowest BCUT2D eigenvalue weighted by Crippen LogP contribution is -2.01. The highest BCUT2D eigenvalue weighted by Crippen LogP contribution is 2.18. The highest BCUT2D eigenvalue weighted by Gasteiger charge is 2.07. The molecule has 15 heavy (non-hydrogen) atoms. The van der Waals surface area contributed by atoms with E-state index in [1.807, 2.05) is 19.1 Å². The van der Waals surface area contributed by atoms with E-state index >= 15 is 0 Å². The first-order valence-corrected chi connectivity index (χ1v) is 4.53. The van der Waals surface area contributed by atoms with Gasteiger partial charge in [-0.2, -0.15) is 10.4 Å². The minimum atomic E-state index is 0.446. The van der Waals surface area contributed by atoms with Crippen LogP contribution in [0, 0.1) is 18.3 Å². The number of rotatable bonds is 1. The van der Waals surface area contributed by atoms with Gasteiger partial charge in [0.2, 0.25) is 0 Å². The lowest BCUT2D eigenvalue weighted by atomic mass is 10.1. The zero-order chi connectivity index (χ0) is 10.8. The summed E-state index contributed by atoms with van der Waals surface area (Å²) in [6.07, 6.45) is 1.75. The van der Waals surface area contributed by atoms with Crippen molar-refractivity contribution >= 4 is 5.82 Å². The first kappa shape index (κ1) is 9.28. The largest absolute Gasteiger partial charge is 0.382 e. The van der Waals surface area contributed by atoms with Gasteiger partial charge in [-0.25, -0.2) is 4.68 Å². The predicted octanol–water partition coefficient (Wildman–Crippen LogP) is 1.63. The molecule has 0 saturated heterocycles. The van der Waals surface area contributed by atoms with E-state index in [2.05, 4.69) is 11.2 Å². The third-order valence-corrected chi connectivity index (χ3v) is 2.20. The molecule has 0 atom stereocenters. The zero-order valence-corrected chi connectivity index (χ0v) is 8.31. The predicted molar refractivity (Wildman–Crippen MR) is 57.4 cm³/mol. The molecule has 1 aromatic carbocycles. The van der Waals surface area contributed by atoms with Gasteiger partial charge in [0.25, 0.3) is 0 Å². The van der Waals surface area contributed by atoms with Gasteiger partial charge in [-0.3, -0.25) is 0 Å². The minimum absolute atomic E-state index is 0.446. The first-order chi connectivity index (χ1) is 7.22. The van der Waals surface area contributed by atoms with Gasteiger partial charge < -0.3 is 5.73 Å². The van der Waals surface area contributed by atoms with Crippen molar-refractivity contribution in [3.05, 3.63) is 41.6 Å². The molecule has 0 unspecified atom stereocenters. The normalized spacial score (nSPS) is 9.87. The molecule has 0 radical (unpaired) electrons. The van der Waals surface area contributed by atoms with E-state index < -0.39 is 0 Å². The van der Waals surface area contributed by atoms with Crippen molar-refractivity contribution in [2.75, 3.05) is 5.73 Å². The number of para-hydroxylation sites is 1. The van der Waals surface area contributed by atoms with Crippen LogP contribution in [-0.4, -0.2) is 9.78 Å². The zero-order valence-electron chi connectivity index (χ0n) is 8.31. The molecule has 0 spiro atoms. The summed E-state index contributed by atoms with van der Waals surface area (Å²) in [4.78, 5) is 0. The minimum Gasteiger partial charge on any atom is -0.382 e. The molecule has 0 aliphatic carbocycles. The van der Waals surface area contributed by atoms with Crippen LogP contribution in [0.25, 0.3) is 5.69 Å². The molecule has 2 aromatic rings. The smallest absolute Gasteiger partial charge is 0.145 e. The SMILES string of the molecule is Cc1cccc(C#N)c1-n1ccc(N)n1. The molecule has 0 aliphatic rings. The van der Waals surface area contributed by atoms with Gasteiger partial charge in [-0.1, -0.05) is 12.1 Å². The number of aryl methyl sites for hydroxylation is 1. The van der Waals surface area contributed by atoms with Crippen molar-refractivity contribution in [2.45, 2.75) is 6.92 Å². The number of nitrogens with two attached hydrogens (primary N) is 1. The molecule has 4 nitrogen and oxygen atoms in total. The summed E-state index contributed by atoms with van der Waals surface area (Å²) in [5, 5.41) is 13.1. The molecule has 4 heteroatoms. The molecule has 1 aromatic heterocycles. The fourth-order valence-corrected chi connectivity index (χ4v) is 1.52. The molecular weight excluding hydrogens is 188 g/mol. The second kappa shape index (κ2) is 3.46. The average molecular weight is 198 g/mol. The highest BCUT2D eigenvalue weighted by molar-refractivity contribution is 5.53. The van der Waals surface area contributed by atoms with Crippen molar-refractivity contribution in [3.8, 4) is 11.8 Å². The summed E-state index contributed by atoms with van der Waals surface area (Å²) >= 11 is 0. The van der Waals surface area contributed by atoms with E-state index in [0.29, 0.717) is 11.4 Å². The second-order valence-corrected chi connectivity index (χ2v) is 3.27. The van der Waals surface area contributed by atoms with Gasteiger partial charge in [0.05, 0.1) is 11.3 Å². The van der Waals surface area contributed by atoms with Gasteiger partial charge in [0.1, 0.15) is 11.9 Å². The van der Waals surface area contributed by atoms with E-state index in [1.54, 1.807) is 23.0 Å². The third kappa shape index (κ3) is 1.55. The van der Waals surface area contributed by atoms with Crippen LogP contribution >= 0.6 is 0 Å². The van der Waals surface area contributed by atoms with Gasteiger partial charge >= 0.3 is 0 Å². The van der Waals surface area contributed by atoms with Crippen LogP contribution in [0.5, 0.6) is 0 Å².